The third-order valence-corrected chi connectivity index (χ3v) is 4.06. The molecule has 0 radical (unpaired) electrons. The van der Waals surface area contributed by atoms with Gasteiger partial charge in [-0.05, 0) is 44.0 Å². The van der Waals surface area contributed by atoms with Crippen LogP contribution in [0.1, 0.15) is 49.4 Å². The molecule has 0 unspecified atom stereocenters. The lowest BCUT2D eigenvalue weighted by molar-refractivity contribution is 0.0641. The van der Waals surface area contributed by atoms with E-state index in [4.69, 9.17) is 10.5 Å². The Balaban J connectivity index is 2.09. The van der Waals surface area contributed by atoms with Crippen molar-refractivity contribution in [3.05, 3.63) is 29.8 Å². The fourth-order valence-corrected chi connectivity index (χ4v) is 3.01. The first-order valence-electron chi connectivity index (χ1n) is 8.00. The van der Waals surface area contributed by atoms with Crippen molar-refractivity contribution in [1.29, 1.82) is 0 Å². The van der Waals surface area contributed by atoms with Gasteiger partial charge >= 0.3 is 0 Å². The number of nitrogens with two attached hydrogens (primary N) is 1. The minimum atomic E-state index is 0.0930. The zero-order valence-electron chi connectivity index (χ0n) is 12.9. The Morgan fingerprint density at radius 3 is 2.48 bits per heavy atom. The minimum Gasteiger partial charge on any atom is -0.494 e. The van der Waals surface area contributed by atoms with Crippen LogP contribution in [-0.2, 0) is 0 Å². The molecule has 4 heteroatoms. The summed E-state index contributed by atoms with van der Waals surface area (Å²) in [4.78, 5) is 14.7. The zero-order chi connectivity index (χ0) is 15.1. The summed E-state index contributed by atoms with van der Waals surface area (Å²) in [6.07, 6.45) is 5.90. The van der Waals surface area contributed by atoms with E-state index in [2.05, 4.69) is 0 Å². The SMILES string of the molecule is CCOc1ccc(C(=O)N(CCN)C2CCCCC2)cc1. The average molecular weight is 290 g/mol. The van der Waals surface area contributed by atoms with Crippen molar-refractivity contribution < 1.29 is 9.53 Å². The van der Waals surface area contributed by atoms with Gasteiger partial charge in [-0.15, -0.1) is 0 Å². The molecule has 1 aliphatic rings. The van der Waals surface area contributed by atoms with Gasteiger partial charge in [0.05, 0.1) is 6.61 Å². The highest BCUT2D eigenvalue weighted by Gasteiger charge is 2.25. The number of carbonyl (C=O) groups is 1. The summed E-state index contributed by atoms with van der Waals surface area (Å²) in [7, 11) is 0. The van der Waals surface area contributed by atoms with Crippen molar-refractivity contribution in [1.82, 2.24) is 4.90 Å². The van der Waals surface area contributed by atoms with Crippen molar-refractivity contribution in [2.75, 3.05) is 19.7 Å². The van der Waals surface area contributed by atoms with Gasteiger partial charge in [-0.1, -0.05) is 19.3 Å². The molecule has 1 fully saturated rings. The lowest BCUT2D eigenvalue weighted by atomic mass is 9.93. The van der Waals surface area contributed by atoms with E-state index < -0.39 is 0 Å². The van der Waals surface area contributed by atoms with Crippen LogP contribution in [0, 0.1) is 0 Å². The number of carbonyl (C=O) groups excluding carboxylic acids is 1. The van der Waals surface area contributed by atoms with E-state index in [0.717, 1.165) is 24.2 Å². The van der Waals surface area contributed by atoms with E-state index in [1.54, 1.807) is 0 Å². The molecule has 2 rings (SSSR count). The summed E-state index contributed by atoms with van der Waals surface area (Å²) in [6, 6.07) is 7.76. The second-order valence-corrected chi connectivity index (χ2v) is 5.54. The van der Waals surface area contributed by atoms with Crippen LogP contribution in [0.5, 0.6) is 5.75 Å². The fraction of sp³-hybridized carbons (Fsp3) is 0.588. The molecule has 1 aromatic rings. The predicted molar refractivity (Wildman–Crippen MR) is 84.6 cm³/mol. The number of nitrogens with zero attached hydrogens (tertiary/aromatic N) is 1. The topological polar surface area (TPSA) is 55.6 Å². The summed E-state index contributed by atoms with van der Waals surface area (Å²) in [5, 5.41) is 0. The van der Waals surface area contributed by atoms with Gasteiger partial charge < -0.3 is 15.4 Å². The Labute approximate surface area is 127 Å². The zero-order valence-corrected chi connectivity index (χ0v) is 12.9. The lowest BCUT2D eigenvalue weighted by Crippen LogP contribution is -2.44. The number of hydrogen-bond donors (Lipinski definition) is 1. The molecule has 1 aliphatic carbocycles. The van der Waals surface area contributed by atoms with Crippen molar-refractivity contribution in [3.63, 3.8) is 0 Å². The summed E-state index contributed by atoms with van der Waals surface area (Å²) < 4.78 is 5.42. The summed E-state index contributed by atoms with van der Waals surface area (Å²) in [5.41, 5.74) is 6.42. The van der Waals surface area contributed by atoms with Gasteiger partial charge in [0.25, 0.3) is 5.91 Å². The van der Waals surface area contributed by atoms with E-state index >= 15 is 0 Å². The Hall–Kier alpha value is -1.55. The third-order valence-electron chi connectivity index (χ3n) is 4.06. The lowest BCUT2D eigenvalue weighted by Gasteiger charge is -2.34. The number of benzene rings is 1. The van der Waals surface area contributed by atoms with Crippen molar-refractivity contribution in [2.24, 2.45) is 5.73 Å². The standard InChI is InChI=1S/C17H26N2O2/c1-2-21-16-10-8-14(9-11-16)17(20)19(13-12-18)15-6-4-3-5-7-15/h8-11,15H,2-7,12-13,18H2,1H3. The van der Waals surface area contributed by atoms with E-state index in [-0.39, 0.29) is 5.91 Å². The predicted octanol–water partition coefficient (Wildman–Crippen LogP) is 2.82. The highest BCUT2D eigenvalue weighted by Crippen LogP contribution is 2.24. The van der Waals surface area contributed by atoms with E-state index in [0.29, 0.717) is 25.7 Å². The molecule has 116 valence electrons. The molecule has 0 spiro atoms. The maximum Gasteiger partial charge on any atom is 0.254 e. The van der Waals surface area contributed by atoms with Gasteiger partial charge in [0.15, 0.2) is 0 Å². The van der Waals surface area contributed by atoms with Gasteiger partial charge in [0.1, 0.15) is 5.75 Å². The number of rotatable bonds is 6. The van der Waals surface area contributed by atoms with Crippen LogP contribution in [0.25, 0.3) is 0 Å². The van der Waals surface area contributed by atoms with Crippen LogP contribution in [0.4, 0.5) is 0 Å². The Bertz CT molecular complexity index is 439. The van der Waals surface area contributed by atoms with Crippen LogP contribution in [-0.4, -0.2) is 36.5 Å². The van der Waals surface area contributed by atoms with Crippen LogP contribution in [0.3, 0.4) is 0 Å². The summed E-state index contributed by atoms with van der Waals surface area (Å²) in [5.74, 6) is 0.896. The molecular weight excluding hydrogens is 264 g/mol. The van der Waals surface area contributed by atoms with Gasteiger partial charge in [-0.25, -0.2) is 0 Å². The highest BCUT2D eigenvalue weighted by atomic mass is 16.5. The maximum atomic E-state index is 12.7. The number of amides is 1. The fourth-order valence-electron chi connectivity index (χ4n) is 3.01. The van der Waals surface area contributed by atoms with Crippen molar-refractivity contribution >= 4 is 5.91 Å². The van der Waals surface area contributed by atoms with E-state index in [9.17, 15) is 4.79 Å². The molecular formula is C17H26N2O2. The normalized spacial score (nSPS) is 15.7. The Morgan fingerprint density at radius 2 is 1.90 bits per heavy atom. The second kappa shape index (κ2) is 8.03. The van der Waals surface area contributed by atoms with Gasteiger partial charge in [-0.2, -0.15) is 0 Å². The Morgan fingerprint density at radius 1 is 1.24 bits per heavy atom. The first-order valence-corrected chi connectivity index (χ1v) is 8.00. The molecule has 0 aliphatic heterocycles. The maximum absolute atomic E-state index is 12.7. The monoisotopic (exact) mass is 290 g/mol. The summed E-state index contributed by atoms with van der Waals surface area (Å²) in [6.45, 7) is 3.73. The van der Waals surface area contributed by atoms with Gasteiger partial charge in [-0.3, -0.25) is 4.79 Å². The molecule has 1 saturated carbocycles. The molecule has 0 atom stereocenters. The average Bonchev–Trinajstić information content (AvgIpc) is 2.54. The number of hydrogen-bond acceptors (Lipinski definition) is 3. The molecule has 0 heterocycles. The quantitative estimate of drug-likeness (QED) is 0.876. The summed E-state index contributed by atoms with van der Waals surface area (Å²) >= 11 is 0. The molecule has 0 aromatic heterocycles. The first kappa shape index (κ1) is 15.8. The first-order chi connectivity index (χ1) is 10.3. The van der Waals surface area contributed by atoms with Gasteiger partial charge in [0.2, 0.25) is 0 Å². The molecule has 2 N–H and O–H groups in total. The van der Waals surface area contributed by atoms with Gasteiger partial charge in [0, 0.05) is 24.7 Å². The van der Waals surface area contributed by atoms with Crippen molar-refractivity contribution in [3.8, 4) is 5.75 Å². The molecule has 1 aromatic carbocycles. The highest BCUT2D eigenvalue weighted by molar-refractivity contribution is 5.94. The second-order valence-electron chi connectivity index (χ2n) is 5.54. The molecule has 1 amide bonds. The van der Waals surface area contributed by atoms with E-state index in [1.807, 2.05) is 36.1 Å². The smallest absolute Gasteiger partial charge is 0.254 e. The number of ether oxygens (including phenoxy) is 1. The molecule has 21 heavy (non-hydrogen) atoms. The Kier molecular flexibility index (Phi) is 6.05. The minimum absolute atomic E-state index is 0.0930. The van der Waals surface area contributed by atoms with Crippen LogP contribution in [0.2, 0.25) is 0 Å². The third kappa shape index (κ3) is 4.21. The van der Waals surface area contributed by atoms with Crippen LogP contribution in [0.15, 0.2) is 24.3 Å². The van der Waals surface area contributed by atoms with Crippen molar-refractivity contribution in [2.45, 2.75) is 45.1 Å². The molecule has 4 nitrogen and oxygen atoms in total. The largest absolute Gasteiger partial charge is 0.494 e. The molecule has 0 saturated heterocycles. The van der Waals surface area contributed by atoms with Crippen LogP contribution < -0.4 is 10.5 Å². The molecule has 0 bridgehead atoms. The van der Waals surface area contributed by atoms with Crippen LogP contribution >= 0.6 is 0 Å². The van der Waals surface area contributed by atoms with E-state index in [1.165, 1.54) is 19.3 Å².